The smallest absolute Gasteiger partial charge is 0.0732 e. The van der Waals surface area contributed by atoms with E-state index in [4.69, 9.17) is 16.3 Å². The highest BCUT2D eigenvalue weighted by atomic mass is 35.5. The Balaban J connectivity index is 1.85. The summed E-state index contributed by atoms with van der Waals surface area (Å²) in [5.41, 5.74) is 2.39. The van der Waals surface area contributed by atoms with Crippen LogP contribution >= 0.6 is 22.9 Å². The molecule has 0 aliphatic carbocycles. The fraction of sp³-hybridized carbons (Fsp3) is 0.412. The van der Waals surface area contributed by atoms with Gasteiger partial charge in [-0.3, -0.25) is 0 Å². The fourth-order valence-electron chi connectivity index (χ4n) is 2.03. The van der Waals surface area contributed by atoms with Crippen molar-refractivity contribution in [2.75, 3.05) is 0 Å². The van der Waals surface area contributed by atoms with Crippen LogP contribution in [0.15, 0.2) is 30.3 Å². The zero-order valence-electron chi connectivity index (χ0n) is 12.8. The Kier molecular flexibility index (Phi) is 6.24. The van der Waals surface area contributed by atoms with Crippen molar-refractivity contribution in [2.45, 2.75) is 46.6 Å². The van der Waals surface area contributed by atoms with Gasteiger partial charge in [0.05, 0.1) is 13.2 Å². The molecule has 0 saturated heterocycles. The second kappa shape index (κ2) is 7.95. The van der Waals surface area contributed by atoms with E-state index in [2.05, 4.69) is 32.2 Å². The molecule has 0 spiro atoms. The second-order valence-electron chi connectivity index (χ2n) is 5.45. The van der Waals surface area contributed by atoms with Crippen LogP contribution in [0.5, 0.6) is 0 Å². The predicted octanol–water partition coefficient (Wildman–Crippen LogP) is 4.92. The summed E-state index contributed by atoms with van der Waals surface area (Å²) in [6.45, 7) is 8.65. The molecule has 0 aliphatic heterocycles. The molecule has 2 rings (SSSR count). The first-order chi connectivity index (χ1) is 10.0. The molecule has 0 atom stereocenters. The Morgan fingerprint density at radius 2 is 2.05 bits per heavy atom. The lowest BCUT2D eigenvalue weighted by Crippen LogP contribution is -2.21. The number of aryl methyl sites for hydroxylation is 1. The molecule has 1 heterocycles. The van der Waals surface area contributed by atoms with Gasteiger partial charge in [0.1, 0.15) is 0 Å². The van der Waals surface area contributed by atoms with E-state index in [0.717, 1.165) is 17.1 Å². The number of nitrogens with one attached hydrogen (secondary N) is 1. The molecule has 0 saturated carbocycles. The maximum absolute atomic E-state index is 5.97. The number of hydrogen-bond acceptors (Lipinski definition) is 3. The highest BCUT2D eigenvalue weighted by Gasteiger charge is 2.06. The van der Waals surface area contributed by atoms with Gasteiger partial charge in [-0.1, -0.05) is 37.6 Å². The van der Waals surface area contributed by atoms with E-state index in [1.165, 1.54) is 15.3 Å². The summed E-state index contributed by atoms with van der Waals surface area (Å²) in [5.74, 6) is 0. The van der Waals surface area contributed by atoms with Crippen LogP contribution in [-0.2, 0) is 24.5 Å². The molecular weight excluding hydrogens is 302 g/mol. The van der Waals surface area contributed by atoms with E-state index in [1.807, 2.05) is 35.6 Å². The van der Waals surface area contributed by atoms with E-state index >= 15 is 0 Å². The molecule has 0 bridgehead atoms. The summed E-state index contributed by atoms with van der Waals surface area (Å²) in [6.07, 6.45) is 0. The largest absolute Gasteiger partial charge is 0.372 e. The summed E-state index contributed by atoms with van der Waals surface area (Å²) in [6, 6.07) is 10.6. The summed E-state index contributed by atoms with van der Waals surface area (Å²) in [7, 11) is 0. The topological polar surface area (TPSA) is 21.3 Å². The number of hydrogen-bond donors (Lipinski definition) is 1. The first-order valence-corrected chi connectivity index (χ1v) is 8.38. The molecule has 21 heavy (non-hydrogen) atoms. The Labute approximate surface area is 136 Å². The van der Waals surface area contributed by atoms with Crippen molar-refractivity contribution < 1.29 is 4.74 Å². The standard InChI is InChI=1S/C17H22ClNOS/c1-12(2)19-9-17-8-15(13(3)21-17)11-20-10-14-5-4-6-16(18)7-14/h4-8,12,19H,9-11H2,1-3H3. The highest BCUT2D eigenvalue weighted by molar-refractivity contribution is 7.12. The van der Waals surface area contributed by atoms with E-state index in [-0.39, 0.29) is 0 Å². The molecule has 1 N–H and O–H groups in total. The molecule has 0 amide bonds. The minimum absolute atomic E-state index is 0.509. The molecule has 4 heteroatoms. The Bertz CT molecular complexity index is 580. The lowest BCUT2D eigenvalue weighted by Gasteiger charge is -2.05. The van der Waals surface area contributed by atoms with E-state index in [9.17, 15) is 0 Å². The predicted molar refractivity (Wildman–Crippen MR) is 91.0 cm³/mol. The van der Waals surface area contributed by atoms with Crippen LogP contribution < -0.4 is 5.32 Å². The second-order valence-corrected chi connectivity index (χ2v) is 7.23. The molecular formula is C17H22ClNOS. The molecule has 0 unspecified atom stereocenters. The van der Waals surface area contributed by atoms with Gasteiger partial charge in [0.2, 0.25) is 0 Å². The van der Waals surface area contributed by atoms with Crippen LogP contribution in [-0.4, -0.2) is 6.04 Å². The van der Waals surface area contributed by atoms with Crippen LogP contribution in [0.4, 0.5) is 0 Å². The van der Waals surface area contributed by atoms with Crippen LogP contribution in [0.3, 0.4) is 0 Å². The summed E-state index contributed by atoms with van der Waals surface area (Å²) in [5, 5.41) is 4.20. The van der Waals surface area contributed by atoms with E-state index in [1.54, 1.807) is 0 Å². The van der Waals surface area contributed by atoms with Gasteiger partial charge in [0, 0.05) is 27.4 Å². The number of rotatable bonds is 7. The van der Waals surface area contributed by atoms with Gasteiger partial charge in [0.15, 0.2) is 0 Å². The lowest BCUT2D eigenvalue weighted by atomic mass is 10.2. The van der Waals surface area contributed by atoms with Gasteiger partial charge in [0.25, 0.3) is 0 Å². The van der Waals surface area contributed by atoms with Crippen molar-refractivity contribution >= 4 is 22.9 Å². The molecule has 1 aromatic carbocycles. The van der Waals surface area contributed by atoms with Crippen molar-refractivity contribution in [3.8, 4) is 0 Å². The minimum Gasteiger partial charge on any atom is -0.372 e. The maximum atomic E-state index is 5.97. The van der Waals surface area contributed by atoms with E-state index in [0.29, 0.717) is 19.3 Å². The molecule has 0 radical (unpaired) electrons. The molecule has 0 aliphatic rings. The van der Waals surface area contributed by atoms with E-state index < -0.39 is 0 Å². The normalized spacial score (nSPS) is 11.3. The Hall–Kier alpha value is -0.870. The maximum Gasteiger partial charge on any atom is 0.0732 e. The van der Waals surface area contributed by atoms with Crippen molar-refractivity contribution in [2.24, 2.45) is 0 Å². The SMILES string of the molecule is Cc1sc(CNC(C)C)cc1COCc1cccc(Cl)c1. The Morgan fingerprint density at radius 3 is 2.76 bits per heavy atom. The van der Waals surface area contributed by atoms with Crippen LogP contribution in [0.1, 0.15) is 34.7 Å². The van der Waals surface area contributed by atoms with Gasteiger partial charge in [-0.25, -0.2) is 0 Å². The number of halogens is 1. The average molecular weight is 324 g/mol. The van der Waals surface area contributed by atoms with Crippen molar-refractivity contribution in [1.29, 1.82) is 0 Å². The minimum atomic E-state index is 0.509. The van der Waals surface area contributed by atoms with Gasteiger partial charge in [-0.15, -0.1) is 11.3 Å². The lowest BCUT2D eigenvalue weighted by molar-refractivity contribution is 0.107. The van der Waals surface area contributed by atoms with Crippen LogP contribution in [0.25, 0.3) is 0 Å². The average Bonchev–Trinajstić information content (AvgIpc) is 2.77. The monoisotopic (exact) mass is 323 g/mol. The third-order valence-corrected chi connectivity index (χ3v) is 4.50. The number of thiophene rings is 1. The van der Waals surface area contributed by atoms with Crippen LogP contribution in [0.2, 0.25) is 5.02 Å². The van der Waals surface area contributed by atoms with Crippen molar-refractivity contribution in [3.63, 3.8) is 0 Å². The third-order valence-electron chi connectivity index (χ3n) is 3.17. The summed E-state index contributed by atoms with van der Waals surface area (Å²) in [4.78, 5) is 2.70. The number of ether oxygens (including phenoxy) is 1. The zero-order chi connectivity index (χ0) is 15.2. The third kappa shape index (κ3) is 5.44. The molecule has 114 valence electrons. The molecule has 2 nitrogen and oxygen atoms in total. The van der Waals surface area contributed by atoms with Gasteiger partial charge in [-0.2, -0.15) is 0 Å². The molecule has 0 fully saturated rings. The first kappa shape index (κ1) is 16.5. The Morgan fingerprint density at radius 1 is 1.24 bits per heavy atom. The van der Waals surface area contributed by atoms with Crippen molar-refractivity contribution in [1.82, 2.24) is 5.32 Å². The van der Waals surface area contributed by atoms with Gasteiger partial charge < -0.3 is 10.1 Å². The summed E-state index contributed by atoms with van der Waals surface area (Å²) < 4.78 is 5.81. The van der Waals surface area contributed by atoms with Crippen molar-refractivity contribution in [3.05, 3.63) is 56.2 Å². The quantitative estimate of drug-likeness (QED) is 0.780. The van der Waals surface area contributed by atoms with Gasteiger partial charge >= 0.3 is 0 Å². The van der Waals surface area contributed by atoms with Crippen LogP contribution in [0, 0.1) is 6.92 Å². The molecule has 1 aromatic heterocycles. The zero-order valence-corrected chi connectivity index (χ0v) is 14.4. The molecule has 2 aromatic rings. The van der Waals surface area contributed by atoms with Gasteiger partial charge in [-0.05, 0) is 36.2 Å². The first-order valence-electron chi connectivity index (χ1n) is 7.18. The fourth-order valence-corrected chi connectivity index (χ4v) is 3.24. The number of benzene rings is 1. The highest BCUT2D eigenvalue weighted by Crippen LogP contribution is 2.23. The summed E-state index contributed by atoms with van der Waals surface area (Å²) >= 11 is 7.81.